The van der Waals surface area contributed by atoms with E-state index in [1.165, 1.54) is 13.2 Å². The van der Waals surface area contributed by atoms with Crippen LogP contribution >= 0.6 is 38.5 Å². The molecule has 0 bridgehead atoms. The first-order valence-electron chi connectivity index (χ1n) is 4.37. The van der Waals surface area contributed by atoms with Crippen molar-refractivity contribution in [3.05, 3.63) is 31.3 Å². The molecule has 0 heterocycles. The Bertz CT molecular complexity index is 446. The summed E-state index contributed by atoms with van der Waals surface area (Å²) < 4.78 is 42.9. The molecule has 17 heavy (non-hydrogen) atoms. The number of methoxy groups -OCH3 is 1. The van der Waals surface area contributed by atoms with Gasteiger partial charge in [0.25, 0.3) is 0 Å². The molecule has 1 aromatic carbocycles. The smallest absolute Gasteiger partial charge is 0.417 e. The molecular weight excluding hydrogens is 416 g/mol. The third kappa shape index (κ3) is 3.84. The Hall–Kier alpha value is -0.310. The number of benzene rings is 1. The van der Waals surface area contributed by atoms with Gasteiger partial charge in [0.2, 0.25) is 0 Å². The summed E-state index contributed by atoms with van der Waals surface area (Å²) in [5, 5.41) is 0. The van der Waals surface area contributed by atoms with Gasteiger partial charge >= 0.3 is 12.1 Å². The molecule has 1 rings (SSSR count). The highest BCUT2D eigenvalue weighted by molar-refractivity contribution is 14.1. The summed E-state index contributed by atoms with van der Waals surface area (Å²) in [7, 11) is 1.19. The van der Waals surface area contributed by atoms with Crippen molar-refractivity contribution in [3.8, 4) is 0 Å². The van der Waals surface area contributed by atoms with E-state index in [0.717, 1.165) is 6.07 Å². The quantitative estimate of drug-likeness (QED) is 0.535. The lowest BCUT2D eigenvalue weighted by Crippen LogP contribution is -2.11. The van der Waals surface area contributed by atoms with E-state index in [1.54, 1.807) is 0 Å². The molecule has 0 N–H and O–H groups in total. The molecule has 1 aromatic rings. The van der Waals surface area contributed by atoms with Crippen LogP contribution in [0.1, 0.15) is 11.1 Å². The minimum Gasteiger partial charge on any atom is -0.469 e. The van der Waals surface area contributed by atoms with Crippen LogP contribution in [0.4, 0.5) is 13.2 Å². The molecule has 0 amide bonds. The van der Waals surface area contributed by atoms with Crippen molar-refractivity contribution in [3.63, 3.8) is 0 Å². The molecule has 0 aromatic heterocycles. The van der Waals surface area contributed by atoms with Crippen LogP contribution in [0.3, 0.4) is 0 Å². The third-order valence-electron chi connectivity index (χ3n) is 2.00. The lowest BCUT2D eigenvalue weighted by molar-refractivity contribution is -0.140. The molecule has 0 aliphatic heterocycles. The second-order valence-corrected chi connectivity index (χ2v) is 5.19. The number of hydrogen-bond donors (Lipinski definition) is 0. The molecule has 0 radical (unpaired) electrons. The molecule has 2 nitrogen and oxygen atoms in total. The molecule has 7 heteroatoms. The van der Waals surface area contributed by atoms with Crippen LogP contribution < -0.4 is 0 Å². The average molecular weight is 423 g/mol. The van der Waals surface area contributed by atoms with E-state index < -0.39 is 17.7 Å². The van der Waals surface area contributed by atoms with Crippen molar-refractivity contribution in [2.45, 2.75) is 12.6 Å². The van der Waals surface area contributed by atoms with Crippen LogP contribution in [-0.2, 0) is 22.1 Å². The number of alkyl halides is 3. The highest BCUT2D eigenvalue weighted by atomic mass is 127. The number of esters is 1. The van der Waals surface area contributed by atoms with Crippen LogP contribution in [0.2, 0.25) is 0 Å². The van der Waals surface area contributed by atoms with Gasteiger partial charge < -0.3 is 4.74 Å². The van der Waals surface area contributed by atoms with E-state index in [4.69, 9.17) is 0 Å². The van der Waals surface area contributed by atoms with E-state index in [0.29, 0.717) is 9.13 Å². The fourth-order valence-electron chi connectivity index (χ4n) is 1.17. The maximum absolute atomic E-state index is 12.6. The second-order valence-electron chi connectivity index (χ2n) is 3.17. The highest BCUT2D eigenvalue weighted by Gasteiger charge is 2.33. The zero-order chi connectivity index (χ0) is 13.2. The predicted octanol–water partition coefficient (Wildman–Crippen LogP) is 3.79. The largest absolute Gasteiger partial charge is 0.469 e. The van der Waals surface area contributed by atoms with Crippen molar-refractivity contribution >= 4 is 44.5 Å². The first-order chi connectivity index (χ1) is 7.75. The number of hydrogen-bond acceptors (Lipinski definition) is 2. The van der Waals surface area contributed by atoms with Crippen molar-refractivity contribution in [1.29, 1.82) is 0 Å². The van der Waals surface area contributed by atoms with E-state index in [9.17, 15) is 18.0 Å². The maximum Gasteiger partial charge on any atom is 0.417 e. The number of carbonyl (C=O) groups is 1. The van der Waals surface area contributed by atoms with Gasteiger partial charge in [0, 0.05) is 8.04 Å². The Balaban J connectivity index is 3.20. The molecule has 0 spiro atoms. The van der Waals surface area contributed by atoms with Crippen molar-refractivity contribution in [2.24, 2.45) is 0 Å². The molecule has 0 atom stereocenters. The van der Waals surface area contributed by atoms with E-state index in [2.05, 4.69) is 20.7 Å². The number of ether oxygens (including phenoxy) is 1. The molecule has 0 saturated carbocycles. The number of carbonyl (C=O) groups excluding carboxylic acids is 1. The Labute approximate surface area is 118 Å². The summed E-state index contributed by atoms with van der Waals surface area (Å²) in [5.74, 6) is -0.571. The lowest BCUT2D eigenvalue weighted by Gasteiger charge is -2.12. The summed E-state index contributed by atoms with van der Waals surface area (Å²) in [4.78, 5) is 11.1. The minimum atomic E-state index is -4.45. The van der Waals surface area contributed by atoms with Crippen molar-refractivity contribution in [1.82, 2.24) is 0 Å². The maximum atomic E-state index is 12.6. The topological polar surface area (TPSA) is 26.3 Å². The lowest BCUT2D eigenvalue weighted by atomic mass is 10.1. The predicted molar refractivity (Wildman–Crippen MR) is 67.6 cm³/mol. The zero-order valence-electron chi connectivity index (χ0n) is 8.57. The molecule has 0 fully saturated rings. The fourth-order valence-corrected chi connectivity index (χ4v) is 2.83. The van der Waals surface area contributed by atoms with E-state index in [1.807, 2.05) is 22.6 Å². The average Bonchev–Trinajstić information content (AvgIpc) is 2.19. The SMILES string of the molecule is COC(=O)Cc1cc(C(F)(F)F)c(Br)cc1I. The van der Waals surface area contributed by atoms with Gasteiger partial charge in [0.15, 0.2) is 0 Å². The van der Waals surface area contributed by atoms with Crippen molar-refractivity contribution < 1.29 is 22.7 Å². The normalized spacial score (nSPS) is 11.4. The van der Waals surface area contributed by atoms with Gasteiger partial charge in [-0.05, 0) is 40.3 Å². The molecule has 0 unspecified atom stereocenters. The first kappa shape index (κ1) is 14.7. The van der Waals surface area contributed by atoms with Gasteiger partial charge in [-0.15, -0.1) is 0 Å². The number of rotatable bonds is 2. The molecule has 0 aliphatic carbocycles. The van der Waals surface area contributed by atoms with Gasteiger partial charge in [-0.3, -0.25) is 4.79 Å². The van der Waals surface area contributed by atoms with Crippen LogP contribution in [0.5, 0.6) is 0 Å². The van der Waals surface area contributed by atoms with E-state index in [-0.39, 0.29) is 10.9 Å². The molecule has 94 valence electrons. The van der Waals surface area contributed by atoms with Crippen LogP contribution in [0.15, 0.2) is 16.6 Å². The fraction of sp³-hybridized carbons (Fsp3) is 0.300. The zero-order valence-corrected chi connectivity index (χ0v) is 12.3. The summed E-state index contributed by atoms with van der Waals surface area (Å²) in [6, 6.07) is 2.30. The van der Waals surface area contributed by atoms with Gasteiger partial charge in [0.05, 0.1) is 19.1 Å². The van der Waals surface area contributed by atoms with Crippen LogP contribution in [-0.4, -0.2) is 13.1 Å². The van der Waals surface area contributed by atoms with Gasteiger partial charge in [0.1, 0.15) is 0 Å². The molecule has 0 aliphatic rings. The highest BCUT2D eigenvalue weighted by Crippen LogP contribution is 2.36. The van der Waals surface area contributed by atoms with Gasteiger partial charge in [-0.2, -0.15) is 13.2 Å². The Kier molecular flexibility index (Phi) is 4.82. The summed E-state index contributed by atoms with van der Waals surface area (Å²) >= 11 is 4.73. The first-order valence-corrected chi connectivity index (χ1v) is 6.24. The molecular formula is C10H7BrF3IO2. The Morgan fingerprint density at radius 2 is 2.06 bits per heavy atom. The Morgan fingerprint density at radius 3 is 2.53 bits per heavy atom. The minimum absolute atomic E-state index is 0.0389. The van der Waals surface area contributed by atoms with Crippen LogP contribution in [0, 0.1) is 3.57 Å². The summed E-state index contributed by atoms with van der Waals surface area (Å²) in [6.45, 7) is 0. The second kappa shape index (κ2) is 5.55. The van der Waals surface area contributed by atoms with Crippen LogP contribution in [0.25, 0.3) is 0 Å². The van der Waals surface area contributed by atoms with E-state index >= 15 is 0 Å². The number of halogens is 5. The van der Waals surface area contributed by atoms with Gasteiger partial charge in [-0.25, -0.2) is 0 Å². The Morgan fingerprint density at radius 1 is 1.47 bits per heavy atom. The third-order valence-corrected chi connectivity index (χ3v) is 3.66. The van der Waals surface area contributed by atoms with Gasteiger partial charge in [-0.1, -0.05) is 15.9 Å². The monoisotopic (exact) mass is 422 g/mol. The standard InChI is InChI=1S/C10H7BrF3IO2/c1-17-9(16)3-5-2-6(10(12,13)14)7(11)4-8(5)15/h2,4H,3H2,1H3. The molecule has 0 saturated heterocycles. The summed E-state index contributed by atoms with van der Waals surface area (Å²) in [5.41, 5.74) is -0.496. The van der Waals surface area contributed by atoms with Crippen molar-refractivity contribution in [2.75, 3.05) is 7.11 Å². The summed E-state index contributed by atoms with van der Waals surface area (Å²) in [6.07, 6.45) is -4.63.